The van der Waals surface area contributed by atoms with Gasteiger partial charge in [0.05, 0.1) is 11.6 Å². The highest BCUT2D eigenvalue weighted by Gasteiger charge is 2.25. The number of nitrogens with zero attached hydrogens (tertiary/aromatic N) is 2. The average Bonchev–Trinajstić information content (AvgIpc) is 3.06. The maximum atomic E-state index is 12.2. The quantitative estimate of drug-likeness (QED) is 0.835. The number of pyridine rings is 1. The highest BCUT2D eigenvalue weighted by Crippen LogP contribution is 2.20. The van der Waals surface area contributed by atoms with Gasteiger partial charge < -0.3 is 14.9 Å². The molecule has 3 rings (SSSR count). The first-order valence-electron chi connectivity index (χ1n) is 7.22. The lowest BCUT2D eigenvalue weighted by atomic mass is 9.91. The van der Waals surface area contributed by atoms with Crippen LogP contribution in [-0.2, 0) is 4.79 Å². The maximum Gasteiger partial charge on any atom is 0.306 e. The van der Waals surface area contributed by atoms with Crippen LogP contribution in [0.5, 0.6) is 0 Å². The molecule has 7 heteroatoms. The van der Waals surface area contributed by atoms with E-state index in [0.717, 1.165) is 0 Å². The van der Waals surface area contributed by atoms with Crippen LogP contribution in [0, 0.1) is 5.92 Å². The van der Waals surface area contributed by atoms with Gasteiger partial charge in [-0.1, -0.05) is 23.4 Å². The zero-order chi connectivity index (χ0) is 16.2. The summed E-state index contributed by atoms with van der Waals surface area (Å²) in [6, 6.07) is 6.54. The van der Waals surface area contributed by atoms with Gasteiger partial charge in [-0.25, -0.2) is 0 Å². The fourth-order valence-electron chi connectivity index (χ4n) is 2.45. The molecular weight excluding hydrogens is 298 g/mol. The molecule has 2 atom stereocenters. The predicted molar refractivity (Wildman–Crippen MR) is 80.5 cm³/mol. The number of hydrogen-bond donors (Lipinski definition) is 2. The third-order valence-corrected chi connectivity index (χ3v) is 3.65. The molecule has 0 bridgehead atoms. The summed E-state index contributed by atoms with van der Waals surface area (Å²) in [7, 11) is 0. The highest BCUT2D eigenvalue weighted by atomic mass is 16.5. The van der Waals surface area contributed by atoms with Gasteiger partial charge in [-0.3, -0.25) is 14.6 Å². The van der Waals surface area contributed by atoms with E-state index in [1.165, 1.54) is 6.07 Å². The third-order valence-electron chi connectivity index (χ3n) is 3.65. The second kappa shape index (κ2) is 6.43. The molecule has 1 aliphatic rings. The first-order chi connectivity index (χ1) is 11.1. The van der Waals surface area contributed by atoms with Crippen molar-refractivity contribution < 1.29 is 19.2 Å². The lowest BCUT2D eigenvalue weighted by Gasteiger charge is -2.22. The van der Waals surface area contributed by atoms with E-state index < -0.39 is 17.8 Å². The Morgan fingerprint density at radius 1 is 1.30 bits per heavy atom. The third kappa shape index (κ3) is 3.45. The average molecular weight is 313 g/mol. The van der Waals surface area contributed by atoms with Crippen LogP contribution in [0.4, 0.5) is 0 Å². The molecule has 0 saturated carbocycles. The van der Waals surface area contributed by atoms with E-state index in [0.29, 0.717) is 24.2 Å². The van der Waals surface area contributed by atoms with Crippen LogP contribution in [-0.4, -0.2) is 33.2 Å². The summed E-state index contributed by atoms with van der Waals surface area (Å²) in [4.78, 5) is 27.4. The van der Waals surface area contributed by atoms with Gasteiger partial charge in [0.1, 0.15) is 5.69 Å². The largest absolute Gasteiger partial charge is 0.481 e. The first kappa shape index (κ1) is 15.0. The zero-order valence-corrected chi connectivity index (χ0v) is 12.2. The summed E-state index contributed by atoms with van der Waals surface area (Å²) in [6.07, 6.45) is 6.04. The molecule has 2 heterocycles. The Morgan fingerprint density at radius 3 is 2.91 bits per heavy atom. The lowest BCUT2D eigenvalue weighted by molar-refractivity contribution is -0.142. The van der Waals surface area contributed by atoms with Gasteiger partial charge in [-0.15, -0.1) is 0 Å². The first-order valence-corrected chi connectivity index (χ1v) is 7.22. The van der Waals surface area contributed by atoms with Crippen LogP contribution < -0.4 is 5.32 Å². The van der Waals surface area contributed by atoms with Crippen molar-refractivity contribution in [1.29, 1.82) is 0 Å². The van der Waals surface area contributed by atoms with Crippen molar-refractivity contribution in [2.75, 3.05) is 0 Å². The molecule has 0 spiro atoms. The van der Waals surface area contributed by atoms with Gasteiger partial charge in [0.2, 0.25) is 5.76 Å². The molecule has 118 valence electrons. The number of aliphatic carboxylic acids is 1. The molecule has 1 aliphatic carbocycles. The molecule has 0 aromatic carbocycles. The van der Waals surface area contributed by atoms with Crippen molar-refractivity contribution in [2.24, 2.45) is 5.92 Å². The van der Waals surface area contributed by atoms with Crippen molar-refractivity contribution in [3.05, 3.63) is 48.4 Å². The molecule has 0 fully saturated rings. The number of carboxylic acids is 1. The van der Waals surface area contributed by atoms with Crippen LogP contribution in [0.2, 0.25) is 0 Å². The molecular formula is C16H15N3O4. The predicted octanol–water partition coefficient (Wildman–Crippen LogP) is 1.89. The second-order valence-corrected chi connectivity index (χ2v) is 5.31. The molecule has 1 amide bonds. The van der Waals surface area contributed by atoms with Crippen molar-refractivity contribution in [3.8, 4) is 11.4 Å². The van der Waals surface area contributed by atoms with Gasteiger partial charge in [0, 0.05) is 18.3 Å². The SMILES string of the molecule is O=C(N[C@@H]1C=CC[C@@H](C(=O)O)C1)c1cc(-c2ccccn2)no1. The summed E-state index contributed by atoms with van der Waals surface area (Å²) in [5.74, 6) is -1.70. The Morgan fingerprint density at radius 2 is 2.17 bits per heavy atom. The topological polar surface area (TPSA) is 105 Å². The van der Waals surface area contributed by atoms with E-state index in [1.54, 1.807) is 30.5 Å². The minimum Gasteiger partial charge on any atom is -0.481 e. The Balaban J connectivity index is 1.67. The van der Waals surface area contributed by atoms with Crippen LogP contribution in [0.25, 0.3) is 11.4 Å². The smallest absolute Gasteiger partial charge is 0.306 e. The van der Waals surface area contributed by atoms with E-state index in [-0.39, 0.29) is 11.8 Å². The number of carbonyl (C=O) groups excluding carboxylic acids is 1. The monoisotopic (exact) mass is 313 g/mol. The van der Waals surface area contributed by atoms with Gasteiger partial charge in [0.15, 0.2) is 0 Å². The van der Waals surface area contributed by atoms with E-state index in [9.17, 15) is 9.59 Å². The molecule has 0 unspecified atom stereocenters. The van der Waals surface area contributed by atoms with Crippen LogP contribution >= 0.6 is 0 Å². The Hall–Kier alpha value is -2.96. The molecule has 0 saturated heterocycles. The Labute approximate surface area is 132 Å². The van der Waals surface area contributed by atoms with Crippen LogP contribution in [0.15, 0.2) is 47.1 Å². The number of hydrogen-bond acceptors (Lipinski definition) is 5. The Bertz CT molecular complexity index is 739. The van der Waals surface area contributed by atoms with Crippen LogP contribution in [0.3, 0.4) is 0 Å². The molecule has 23 heavy (non-hydrogen) atoms. The molecule has 2 aromatic rings. The Kier molecular flexibility index (Phi) is 4.18. The number of carboxylic acid groups (broad SMARTS) is 1. The van der Waals surface area contributed by atoms with Gasteiger partial charge in [-0.2, -0.15) is 0 Å². The summed E-state index contributed by atoms with van der Waals surface area (Å²) >= 11 is 0. The molecule has 0 aliphatic heterocycles. The van der Waals surface area contributed by atoms with Crippen molar-refractivity contribution in [1.82, 2.24) is 15.5 Å². The van der Waals surface area contributed by atoms with Crippen molar-refractivity contribution in [2.45, 2.75) is 18.9 Å². The van der Waals surface area contributed by atoms with Crippen molar-refractivity contribution in [3.63, 3.8) is 0 Å². The minimum atomic E-state index is -0.856. The minimum absolute atomic E-state index is 0.0662. The normalized spacial score (nSPS) is 20.2. The summed E-state index contributed by atoms with van der Waals surface area (Å²) < 4.78 is 5.05. The van der Waals surface area contributed by atoms with Crippen LogP contribution in [0.1, 0.15) is 23.4 Å². The van der Waals surface area contributed by atoms with Gasteiger partial charge in [0.25, 0.3) is 5.91 Å². The number of allylic oxidation sites excluding steroid dienone is 1. The van der Waals surface area contributed by atoms with Gasteiger partial charge >= 0.3 is 5.97 Å². The number of carbonyl (C=O) groups is 2. The molecule has 0 radical (unpaired) electrons. The van der Waals surface area contributed by atoms with E-state index in [4.69, 9.17) is 9.63 Å². The van der Waals surface area contributed by atoms with E-state index in [1.807, 2.05) is 6.07 Å². The molecule has 2 aromatic heterocycles. The zero-order valence-electron chi connectivity index (χ0n) is 12.2. The molecule has 2 N–H and O–H groups in total. The maximum absolute atomic E-state index is 12.2. The van der Waals surface area contributed by atoms with Gasteiger partial charge in [-0.05, 0) is 25.0 Å². The lowest BCUT2D eigenvalue weighted by Crippen LogP contribution is -2.37. The fraction of sp³-hybridized carbons (Fsp3) is 0.250. The number of nitrogens with one attached hydrogen (secondary N) is 1. The molecule has 7 nitrogen and oxygen atoms in total. The summed E-state index contributed by atoms with van der Waals surface area (Å²) in [5, 5.41) is 15.6. The van der Waals surface area contributed by atoms with Crippen molar-refractivity contribution >= 4 is 11.9 Å². The van der Waals surface area contributed by atoms with E-state index in [2.05, 4.69) is 15.5 Å². The standard InChI is InChI=1S/C16H15N3O4/c20-15(18-11-5-3-4-10(8-11)16(21)22)14-9-13(19-23-14)12-6-1-2-7-17-12/h1-3,5-7,9-11H,4,8H2,(H,18,20)(H,21,22)/t10-,11-/m1/s1. The number of amides is 1. The summed E-state index contributed by atoms with van der Waals surface area (Å²) in [6.45, 7) is 0. The highest BCUT2D eigenvalue weighted by molar-refractivity contribution is 5.92. The second-order valence-electron chi connectivity index (χ2n) is 5.31. The van der Waals surface area contributed by atoms with E-state index >= 15 is 0 Å². The number of aromatic nitrogens is 2. The summed E-state index contributed by atoms with van der Waals surface area (Å²) in [5.41, 5.74) is 1.08. The fourth-order valence-corrected chi connectivity index (χ4v) is 2.45. The number of rotatable bonds is 4.